The SMILES string of the molecule is CN1CCC(Nc2cc(Cl)nn3c(-c4ccc5nc(Nc6ccccc6)[nH]c5c4)cnc23)CC1. The molecule has 1 saturated heterocycles. The molecule has 34 heavy (non-hydrogen) atoms. The molecule has 0 unspecified atom stereocenters. The Hall–Kier alpha value is -3.62. The fourth-order valence-electron chi connectivity index (χ4n) is 4.50. The molecule has 1 aliphatic heterocycles. The van der Waals surface area contributed by atoms with Crippen LogP contribution in [0.25, 0.3) is 27.9 Å². The number of nitrogens with zero attached hydrogens (tertiary/aromatic N) is 5. The van der Waals surface area contributed by atoms with Gasteiger partial charge >= 0.3 is 0 Å². The Morgan fingerprint density at radius 1 is 1.06 bits per heavy atom. The van der Waals surface area contributed by atoms with Crippen LogP contribution in [0.15, 0.2) is 60.8 Å². The summed E-state index contributed by atoms with van der Waals surface area (Å²) in [5.41, 5.74) is 6.33. The van der Waals surface area contributed by atoms with Crippen LogP contribution >= 0.6 is 11.6 Å². The number of fused-ring (bicyclic) bond motifs is 2. The summed E-state index contributed by atoms with van der Waals surface area (Å²) in [6, 6.07) is 18.3. The van der Waals surface area contributed by atoms with Gasteiger partial charge in [-0.25, -0.2) is 14.5 Å². The number of imidazole rings is 2. The number of rotatable bonds is 5. The van der Waals surface area contributed by atoms with Gasteiger partial charge in [-0.3, -0.25) is 0 Å². The number of nitrogens with one attached hydrogen (secondary N) is 3. The lowest BCUT2D eigenvalue weighted by Gasteiger charge is -2.30. The van der Waals surface area contributed by atoms with E-state index in [0.29, 0.717) is 17.1 Å². The van der Waals surface area contributed by atoms with E-state index in [1.54, 1.807) is 0 Å². The number of para-hydroxylation sites is 1. The molecule has 0 atom stereocenters. The quantitative estimate of drug-likeness (QED) is 0.327. The summed E-state index contributed by atoms with van der Waals surface area (Å²) in [5, 5.41) is 11.9. The van der Waals surface area contributed by atoms with Gasteiger partial charge in [0.15, 0.2) is 10.8 Å². The smallest absolute Gasteiger partial charge is 0.205 e. The molecule has 0 saturated carbocycles. The number of H-pyrrole nitrogens is 1. The van der Waals surface area contributed by atoms with Gasteiger partial charge in [-0.05, 0) is 57.2 Å². The molecule has 6 rings (SSSR count). The van der Waals surface area contributed by atoms with Crippen molar-refractivity contribution < 1.29 is 0 Å². The zero-order chi connectivity index (χ0) is 23.1. The van der Waals surface area contributed by atoms with Crippen molar-refractivity contribution in [2.45, 2.75) is 18.9 Å². The van der Waals surface area contributed by atoms with Gasteiger partial charge in [0.1, 0.15) is 0 Å². The van der Waals surface area contributed by atoms with Crippen LogP contribution in [0.1, 0.15) is 12.8 Å². The molecule has 8 nitrogen and oxygen atoms in total. The Kier molecular flexibility index (Phi) is 5.31. The van der Waals surface area contributed by atoms with E-state index in [1.165, 1.54) is 0 Å². The molecule has 0 bridgehead atoms. The van der Waals surface area contributed by atoms with E-state index in [2.05, 4.69) is 48.7 Å². The van der Waals surface area contributed by atoms with E-state index >= 15 is 0 Å². The van der Waals surface area contributed by atoms with Gasteiger partial charge in [0, 0.05) is 23.4 Å². The maximum absolute atomic E-state index is 6.42. The standard InChI is InChI=1S/C25H25ClN8/c1-33-11-9-18(10-12-33)28-21-14-23(26)32-34-22(15-27-24(21)34)16-7-8-19-20(13-16)31-25(30-19)29-17-5-3-2-4-6-17/h2-8,13-15,18,28H,9-12H2,1H3,(H2,29,30,31). The van der Waals surface area contributed by atoms with E-state index in [1.807, 2.05) is 59.2 Å². The van der Waals surface area contributed by atoms with E-state index in [0.717, 1.165) is 65.2 Å². The monoisotopic (exact) mass is 472 g/mol. The van der Waals surface area contributed by atoms with Crippen molar-refractivity contribution in [2.75, 3.05) is 30.8 Å². The number of halogens is 1. The summed E-state index contributed by atoms with van der Waals surface area (Å²) in [5.74, 6) is 0.697. The van der Waals surface area contributed by atoms with Crippen LogP contribution < -0.4 is 10.6 Å². The highest BCUT2D eigenvalue weighted by atomic mass is 35.5. The molecule has 0 radical (unpaired) electrons. The minimum Gasteiger partial charge on any atom is -0.379 e. The lowest BCUT2D eigenvalue weighted by atomic mass is 10.1. The molecule has 0 amide bonds. The molecule has 3 N–H and O–H groups in total. The van der Waals surface area contributed by atoms with Crippen molar-refractivity contribution in [2.24, 2.45) is 0 Å². The molecule has 2 aromatic carbocycles. The highest BCUT2D eigenvalue weighted by molar-refractivity contribution is 6.29. The Morgan fingerprint density at radius 3 is 2.71 bits per heavy atom. The molecule has 0 aliphatic carbocycles. The van der Waals surface area contributed by atoms with Crippen molar-refractivity contribution in [1.29, 1.82) is 0 Å². The molecular formula is C25H25ClN8. The second-order valence-corrected chi connectivity index (χ2v) is 9.18. The van der Waals surface area contributed by atoms with Crippen LogP contribution in [0.4, 0.5) is 17.3 Å². The molecule has 3 aromatic heterocycles. The third-order valence-corrected chi connectivity index (χ3v) is 6.51. The van der Waals surface area contributed by atoms with E-state index in [4.69, 9.17) is 11.6 Å². The average molecular weight is 473 g/mol. The number of hydrogen-bond acceptors (Lipinski definition) is 6. The maximum Gasteiger partial charge on any atom is 0.205 e. The van der Waals surface area contributed by atoms with Gasteiger partial charge in [0.2, 0.25) is 5.95 Å². The van der Waals surface area contributed by atoms with Gasteiger partial charge < -0.3 is 20.5 Å². The Balaban J connectivity index is 1.32. The minimum atomic E-state index is 0.399. The van der Waals surface area contributed by atoms with Gasteiger partial charge in [0.25, 0.3) is 0 Å². The Bertz CT molecular complexity index is 1450. The summed E-state index contributed by atoms with van der Waals surface area (Å²) in [6.07, 6.45) is 4.02. The molecule has 1 fully saturated rings. The highest BCUT2D eigenvalue weighted by Crippen LogP contribution is 2.29. The largest absolute Gasteiger partial charge is 0.379 e. The van der Waals surface area contributed by atoms with Crippen molar-refractivity contribution in [3.63, 3.8) is 0 Å². The fraction of sp³-hybridized carbons (Fsp3) is 0.240. The van der Waals surface area contributed by atoms with Crippen LogP contribution in [0.5, 0.6) is 0 Å². The zero-order valence-electron chi connectivity index (χ0n) is 18.8. The predicted molar refractivity (Wildman–Crippen MR) is 137 cm³/mol. The van der Waals surface area contributed by atoms with Crippen LogP contribution in [0.3, 0.4) is 0 Å². The number of benzene rings is 2. The highest BCUT2D eigenvalue weighted by Gasteiger charge is 2.19. The Labute approximate surface area is 202 Å². The molecular weight excluding hydrogens is 448 g/mol. The summed E-state index contributed by atoms with van der Waals surface area (Å²) < 4.78 is 1.82. The van der Waals surface area contributed by atoms with Crippen molar-refractivity contribution in [3.8, 4) is 11.3 Å². The number of anilines is 3. The second kappa shape index (κ2) is 8.62. The lowest BCUT2D eigenvalue weighted by Crippen LogP contribution is -2.36. The average Bonchev–Trinajstić information content (AvgIpc) is 3.44. The molecule has 0 spiro atoms. The van der Waals surface area contributed by atoms with Gasteiger partial charge in [-0.1, -0.05) is 35.9 Å². The Morgan fingerprint density at radius 2 is 1.88 bits per heavy atom. The van der Waals surface area contributed by atoms with Crippen molar-refractivity contribution >= 4 is 45.6 Å². The summed E-state index contributed by atoms with van der Waals surface area (Å²) in [7, 11) is 2.16. The molecule has 5 aromatic rings. The van der Waals surface area contributed by atoms with Crippen molar-refractivity contribution in [1.82, 2.24) is 29.5 Å². The topological polar surface area (TPSA) is 86.2 Å². The molecule has 172 valence electrons. The number of aromatic amines is 1. The fourth-order valence-corrected chi connectivity index (χ4v) is 4.69. The first-order valence-corrected chi connectivity index (χ1v) is 11.8. The molecule has 1 aliphatic rings. The third kappa shape index (κ3) is 4.06. The maximum atomic E-state index is 6.42. The van der Waals surface area contributed by atoms with E-state index < -0.39 is 0 Å². The normalized spacial score (nSPS) is 15.2. The first-order valence-electron chi connectivity index (χ1n) is 11.4. The van der Waals surface area contributed by atoms with Crippen LogP contribution in [-0.4, -0.2) is 55.6 Å². The number of aromatic nitrogens is 5. The van der Waals surface area contributed by atoms with Crippen LogP contribution in [0, 0.1) is 0 Å². The first kappa shape index (κ1) is 20.9. The van der Waals surface area contributed by atoms with Gasteiger partial charge in [0.05, 0.1) is 28.6 Å². The van der Waals surface area contributed by atoms with Crippen LogP contribution in [0.2, 0.25) is 5.15 Å². The number of piperidine rings is 1. The number of likely N-dealkylation sites (tertiary alicyclic amines) is 1. The lowest BCUT2D eigenvalue weighted by molar-refractivity contribution is 0.264. The molecule has 4 heterocycles. The number of hydrogen-bond donors (Lipinski definition) is 3. The van der Waals surface area contributed by atoms with Gasteiger partial charge in [-0.15, -0.1) is 0 Å². The minimum absolute atomic E-state index is 0.399. The van der Waals surface area contributed by atoms with E-state index in [-0.39, 0.29) is 0 Å². The van der Waals surface area contributed by atoms with E-state index in [9.17, 15) is 0 Å². The first-order chi connectivity index (χ1) is 16.6. The van der Waals surface area contributed by atoms with Crippen molar-refractivity contribution in [3.05, 3.63) is 65.9 Å². The summed E-state index contributed by atoms with van der Waals surface area (Å²) in [4.78, 5) is 15.1. The summed E-state index contributed by atoms with van der Waals surface area (Å²) >= 11 is 6.42. The molecule has 9 heteroatoms. The predicted octanol–water partition coefficient (Wildman–Crippen LogP) is 5.18. The summed E-state index contributed by atoms with van der Waals surface area (Å²) in [6.45, 7) is 2.16. The zero-order valence-corrected chi connectivity index (χ0v) is 19.5. The van der Waals surface area contributed by atoms with Crippen LogP contribution in [-0.2, 0) is 0 Å². The third-order valence-electron chi connectivity index (χ3n) is 6.33. The second-order valence-electron chi connectivity index (χ2n) is 8.79. The van der Waals surface area contributed by atoms with Gasteiger partial charge in [-0.2, -0.15) is 5.10 Å².